The van der Waals surface area contributed by atoms with Gasteiger partial charge in [-0.25, -0.2) is 19.9 Å². The van der Waals surface area contributed by atoms with Gasteiger partial charge in [-0.1, -0.05) is 11.8 Å². The highest BCUT2D eigenvalue weighted by atomic mass is 32.2. The van der Waals surface area contributed by atoms with E-state index in [0.717, 1.165) is 0 Å². The minimum absolute atomic E-state index is 0.405. The molecule has 0 atom stereocenters. The van der Waals surface area contributed by atoms with E-state index < -0.39 is 0 Å². The number of hydrogen-bond acceptors (Lipinski definition) is 8. The first-order valence-electron chi connectivity index (χ1n) is 6.29. The minimum atomic E-state index is 0.405. The van der Waals surface area contributed by atoms with Crippen molar-refractivity contribution >= 4 is 40.0 Å². The van der Waals surface area contributed by atoms with Gasteiger partial charge in [0.1, 0.15) is 23.4 Å². The van der Waals surface area contributed by atoms with Crippen LogP contribution in [0.2, 0.25) is 0 Å². The molecule has 2 heterocycles. The molecule has 1 aromatic carbocycles. The van der Waals surface area contributed by atoms with Crippen LogP contribution in [0, 0.1) is 11.3 Å². The van der Waals surface area contributed by atoms with Crippen LogP contribution in [-0.4, -0.2) is 26.2 Å². The highest BCUT2D eigenvalue weighted by Crippen LogP contribution is 2.24. The van der Waals surface area contributed by atoms with Gasteiger partial charge in [-0.15, -0.1) is 0 Å². The van der Waals surface area contributed by atoms with Crippen LogP contribution in [0.25, 0.3) is 11.0 Å². The van der Waals surface area contributed by atoms with Gasteiger partial charge in [-0.05, 0) is 24.5 Å². The summed E-state index contributed by atoms with van der Waals surface area (Å²) in [6.45, 7) is 0. The van der Waals surface area contributed by atoms with Crippen molar-refractivity contribution < 1.29 is 0 Å². The maximum atomic E-state index is 9.04. The van der Waals surface area contributed by atoms with Crippen molar-refractivity contribution in [3.05, 3.63) is 36.3 Å². The van der Waals surface area contributed by atoms with E-state index >= 15 is 0 Å². The van der Waals surface area contributed by atoms with Gasteiger partial charge in [0.15, 0.2) is 11.0 Å². The fraction of sp³-hybridized carbons (Fsp3) is 0.0714. The molecule has 2 aromatic heterocycles. The number of anilines is 3. The molecule has 0 unspecified atom stereocenters. The second kappa shape index (κ2) is 5.83. The van der Waals surface area contributed by atoms with Crippen LogP contribution in [0.5, 0.6) is 0 Å². The first-order chi connectivity index (χ1) is 10.7. The van der Waals surface area contributed by atoms with Gasteiger partial charge in [0.05, 0.1) is 11.8 Å². The number of benzene rings is 1. The maximum Gasteiger partial charge on any atom is 0.188 e. The van der Waals surface area contributed by atoms with Crippen LogP contribution in [0.4, 0.5) is 17.2 Å². The van der Waals surface area contributed by atoms with Gasteiger partial charge < -0.3 is 11.1 Å². The Morgan fingerprint density at radius 2 is 2.14 bits per heavy atom. The molecule has 0 saturated heterocycles. The summed E-state index contributed by atoms with van der Waals surface area (Å²) in [6.07, 6.45) is 5.00. The number of nitrogens with two attached hydrogens (primary N) is 1. The third kappa shape index (κ3) is 2.62. The molecule has 0 aliphatic carbocycles. The van der Waals surface area contributed by atoms with E-state index in [-0.39, 0.29) is 0 Å². The van der Waals surface area contributed by atoms with E-state index in [1.165, 1.54) is 18.1 Å². The molecule has 3 N–H and O–H groups in total. The summed E-state index contributed by atoms with van der Waals surface area (Å²) in [5.74, 6) is 0.552. The number of hydrogen-bond donors (Lipinski definition) is 2. The van der Waals surface area contributed by atoms with Crippen molar-refractivity contribution in [2.45, 2.75) is 5.16 Å². The van der Waals surface area contributed by atoms with Crippen LogP contribution < -0.4 is 11.1 Å². The van der Waals surface area contributed by atoms with Crippen LogP contribution in [0.3, 0.4) is 0 Å². The second-order valence-corrected chi connectivity index (χ2v) is 5.13. The number of fused-ring (bicyclic) bond motifs is 1. The fourth-order valence-corrected chi connectivity index (χ4v) is 2.24. The fourth-order valence-electron chi connectivity index (χ4n) is 1.90. The highest BCUT2D eigenvalue weighted by molar-refractivity contribution is 7.98. The SMILES string of the molecule is CSc1ncc2ncnc(Nc3ccc(N)c(C#N)c3)c2n1. The van der Waals surface area contributed by atoms with Gasteiger partial charge in [-0.2, -0.15) is 5.26 Å². The quantitative estimate of drug-likeness (QED) is 0.430. The molecule has 108 valence electrons. The van der Waals surface area contributed by atoms with Gasteiger partial charge in [0.2, 0.25) is 0 Å². The zero-order valence-electron chi connectivity index (χ0n) is 11.6. The van der Waals surface area contributed by atoms with Crippen molar-refractivity contribution in [1.82, 2.24) is 19.9 Å². The van der Waals surface area contributed by atoms with Gasteiger partial charge in [-0.3, -0.25) is 0 Å². The molecule has 8 heteroatoms. The van der Waals surface area contributed by atoms with Crippen LogP contribution in [0.1, 0.15) is 5.56 Å². The Hall–Kier alpha value is -2.92. The second-order valence-electron chi connectivity index (χ2n) is 4.35. The van der Waals surface area contributed by atoms with Crippen LogP contribution >= 0.6 is 11.8 Å². The molecule has 0 radical (unpaired) electrons. The molecule has 3 aromatic rings. The molecule has 0 amide bonds. The molecular formula is C14H11N7S. The first kappa shape index (κ1) is 14.0. The zero-order chi connectivity index (χ0) is 15.5. The lowest BCUT2D eigenvalue weighted by Crippen LogP contribution is -2.00. The summed E-state index contributed by atoms with van der Waals surface area (Å²) in [6, 6.07) is 7.17. The summed E-state index contributed by atoms with van der Waals surface area (Å²) >= 11 is 1.44. The molecule has 22 heavy (non-hydrogen) atoms. The van der Waals surface area contributed by atoms with Crippen molar-refractivity contribution in [2.75, 3.05) is 17.3 Å². The van der Waals surface area contributed by atoms with E-state index in [0.29, 0.717) is 38.9 Å². The Morgan fingerprint density at radius 3 is 2.91 bits per heavy atom. The van der Waals surface area contributed by atoms with Gasteiger partial charge in [0, 0.05) is 11.4 Å². The smallest absolute Gasteiger partial charge is 0.188 e. The van der Waals surface area contributed by atoms with E-state index in [1.807, 2.05) is 6.26 Å². The average Bonchev–Trinajstić information content (AvgIpc) is 2.56. The maximum absolute atomic E-state index is 9.04. The van der Waals surface area contributed by atoms with Crippen molar-refractivity contribution in [3.63, 3.8) is 0 Å². The first-order valence-corrected chi connectivity index (χ1v) is 7.52. The van der Waals surface area contributed by atoms with Crippen molar-refractivity contribution in [2.24, 2.45) is 0 Å². The lowest BCUT2D eigenvalue weighted by molar-refractivity contribution is 0.993. The Morgan fingerprint density at radius 1 is 1.27 bits per heavy atom. The molecule has 0 fully saturated rings. The van der Waals surface area contributed by atoms with E-state index in [2.05, 4.69) is 31.3 Å². The summed E-state index contributed by atoms with van der Waals surface area (Å²) in [7, 11) is 0. The normalized spacial score (nSPS) is 10.4. The molecule has 0 saturated carbocycles. The molecule has 7 nitrogen and oxygen atoms in total. The number of nitrogen functional groups attached to an aromatic ring is 1. The molecule has 0 aliphatic heterocycles. The largest absolute Gasteiger partial charge is 0.398 e. The summed E-state index contributed by atoms with van der Waals surface area (Å²) in [5, 5.41) is 12.8. The third-order valence-corrected chi connectivity index (χ3v) is 3.54. The number of rotatable bonds is 3. The van der Waals surface area contributed by atoms with Gasteiger partial charge >= 0.3 is 0 Å². The average molecular weight is 309 g/mol. The van der Waals surface area contributed by atoms with E-state index in [1.54, 1.807) is 24.4 Å². The van der Waals surface area contributed by atoms with E-state index in [4.69, 9.17) is 11.0 Å². The molecule has 0 aliphatic rings. The number of nitrogens with one attached hydrogen (secondary N) is 1. The predicted octanol–water partition coefficient (Wildman–Crippen LogP) is 2.34. The Balaban J connectivity index is 2.05. The van der Waals surface area contributed by atoms with Crippen LogP contribution in [0.15, 0.2) is 35.9 Å². The lowest BCUT2D eigenvalue weighted by Gasteiger charge is -2.09. The van der Waals surface area contributed by atoms with E-state index in [9.17, 15) is 0 Å². The molecule has 0 bridgehead atoms. The Kier molecular flexibility index (Phi) is 3.72. The predicted molar refractivity (Wildman–Crippen MR) is 85.8 cm³/mol. The lowest BCUT2D eigenvalue weighted by atomic mass is 10.2. The van der Waals surface area contributed by atoms with Gasteiger partial charge in [0.25, 0.3) is 0 Å². The monoisotopic (exact) mass is 309 g/mol. The zero-order valence-corrected chi connectivity index (χ0v) is 12.4. The number of aromatic nitrogens is 4. The molecule has 3 rings (SSSR count). The standard InChI is InChI=1S/C14H11N7S/c1-22-14-17-6-11-12(21-14)13(19-7-18-11)20-9-2-3-10(16)8(4-9)5-15/h2-4,6-7H,16H2,1H3,(H,18,19,20). The minimum Gasteiger partial charge on any atom is -0.398 e. The third-order valence-electron chi connectivity index (χ3n) is 2.97. The molecular weight excluding hydrogens is 298 g/mol. The molecule has 0 spiro atoms. The van der Waals surface area contributed by atoms with Crippen LogP contribution in [-0.2, 0) is 0 Å². The topological polar surface area (TPSA) is 113 Å². The van der Waals surface area contributed by atoms with Crippen molar-refractivity contribution in [1.29, 1.82) is 5.26 Å². The summed E-state index contributed by atoms with van der Waals surface area (Å²) in [5.41, 5.74) is 8.54. The summed E-state index contributed by atoms with van der Waals surface area (Å²) < 4.78 is 0. The highest BCUT2D eigenvalue weighted by Gasteiger charge is 2.08. The number of nitriles is 1. The number of thioether (sulfide) groups is 1. The Bertz CT molecular complexity index is 888. The van der Waals surface area contributed by atoms with Crippen molar-refractivity contribution in [3.8, 4) is 6.07 Å². The Labute approximate surface area is 130 Å². The summed E-state index contributed by atoms with van der Waals surface area (Å²) in [4.78, 5) is 17.0. The number of nitrogens with zero attached hydrogens (tertiary/aromatic N) is 5.